The van der Waals surface area contributed by atoms with Crippen molar-refractivity contribution in [3.8, 4) is 5.75 Å². The molecule has 2 N–H and O–H groups in total. The van der Waals surface area contributed by atoms with Crippen molar-refractivity contribution in [2.45, 2.75) is 20.5 Å². The number of carbonyl (C=O) groups excluding carboxylic acids is 1. The number of carbonyl (C=O) groups is 1. The highest BCUT2D eigenvalue weighted by Crippen LogP contribution is 2.29. The zero-order chi connectivity index (χ0) is 28.3. The quantitative estimate of drug-likeness (QED) is 0.222. The summed E-state index contributed by atoms with van der Waals surface area (Å²) in [6.45, 7) is 4.55. The maximum atomic E-state index is 13.7. The Labute approximate surface area is 238 Å². The number of nitrogens with zero attached hydrogens (tertiary/aromatic N) is 2. The van der Waals surface area contributed by atoms with Crippen LogP contribution >= 0.6 is 0 Å². The molecule has 0 aliphatic carbocycles. The van der Waals surface area contributed by atoms with Crippen molar-refractivity contribution >= 4 is 34.4 Å². The number of amides is 1. The second-order valence-electron chi connectivity index (χ2n) is 9.94. The number of aromatic amines is 1. The fourth-order valence-corrected chi connectivity index (χ4v) is 4.97. The van der Waals surface area contributed by atoms with Crippen LogP contribution < -0.4 is 10.1 Å². The van der Waals surface area contributed by atoms with Gasteiger partial charge in [-0.25, -0.2) is 9.79 Å². The van der Waals surface area contributed by atoms with E-state index in [9.17, 15) is 4.79 Å². The van der Waals surface area contributed by atoms with Gasteiger partial charge in [0.25, 0.3) is 0 Å². The first-order valence-electron chi connectivity index (χ1n) is 13.4. The number of hydrogen-bond donors (Lipinski definition) is 2. The summed E-state index contributed by atoms with van der Waals surface area (Å²) in [7, 11) is 1.63. The first-order chi connectivity index (χ1) is 20.0. The fourth-order valence-electron chi connectivity index (χ4n) is 4.97. The minimum Gasteiger partial charge on any atom is -0.494 e. The van der Waals surface area contributed by atoms with Gasteiger partial charge in [-0.05, 0) is 73.5 Å². The van der Waals surface area contributed by atoms with Crippen LogP contribution in [0.2, 0.25) is 0 Å². The van der Waals surface area contributed by atoms with Gasteiger partial charge in [-0.3, -0.25) is 4.57 Å². The summed E-state index contributed by atoms with van der Waals surface area (Å²) in [5, 5.41) is 3.97. The largest absolute Gasteiger partial charge is 0.494 e. The number of hydrogen-bond acceptors (Lipinski definition) is 4. The molecule has 5 aromatic rings. The van der Waals surface area contributed by atoms with Crippen LogP contribution in [0.3, 0.4) is 0 Å². The standard InChI is InChI=1S/C34H30N4O3/c1-22-17-23(2)35-28(22)19-30-33(40-3)20-29(37-30)32-18-25-11-7-8-12-31(25)38(32)34(39)36-26-13-15-27(16-14-26)41-21-24-9-5-4-6-10-24/h4-20,35H,21H2,1-3H3,(H,36,39)/b30-19-. The number of rotatable bonds is 7. The van der Waals surface area contributed by atoms with E-state index in [1.807, 2.05) is 104 Å². The zero-order valence-corrected chi connectivity index (χ0v) is 23.1. The minimum atomic E-state index is -0.289. The SMILES string of the molecule is COC1=CC(c2cc3ccccc3n2C(=O)Nc2ccc(OCc3ccccc3)cc2)=N/C1=C\c1[nH]c(C)cc1C. The number of H-pyrrole nitrogens is 1. The second kappa shape index (κ2) is 11.1. The summed E-state index contributed by atoms with van der Waals surface area (Å²) in [5.74, 6) is 1.36. The molecule has 0 fully saturated rings. The molecule has 0 atom stereocenters. The van der Waals surface area contributed by atoms with Crippen molar-refractivity contribution in [1.29, 1.82) is 0 Å². The van der Waals surface area contributed by atoms with E-state index in [-0.39, 0.29) is 6.03 Å². The van der Waals surface area contributed by atoms with Gasteiger partial charge in [0.2, 0.25) is 0 Å². The molecular weight excluding hydrogens is 512 g/mol. The Bertz CT molecular complexity index is 1820. The van der Waals surface area contributed by atoms with Crippen LogP contribution in [0.25, 0.3) is 17.0 Å². The number of allylic oxidation sites excluding steroid dienone is 1. The van der Waals surface area contributed by atoms with Crippen LogP contribution in [0.15, 0.2) is 114 Å². The van der Waals surface area contributed by atoms with Gasteiger partial charge in [0, 0.05) is 28.5 Å². The molecular formula is C34H30N4O3. The number of anilines is 1. The van der Waals surface area contributed by atoms with Crippen molar-refractivity contribution in [1.82, 2.24) is 9.55 Å². The maximum absolute atomic E-state index is 13.7. The van der Waals surface area contributed by atoms with Crippen molar-refractivity contribution in [2.75, 3.05) is 12.4 Å². The van der Waals surface area contributed by atoms with E-state index in [4.69, 9.17) is 14.5 Å². The highest BCUT2D eigenvalue weighted by Gasteiger charge is 2.24. The van der Waals surface area contributed by atoms with Crippen LogP contribution in [-0.4, -0.2) is 28.4 Å². The summed E-state index contributed by atoms with van der Waals surface area (Å²) >= 11 is 0. The third-order valence-corrected chi connectivity index (χ3v) is 6.98. The molecule has 204 valence electrons. The highest BCUT2D eigenvalue weighted by atomic mass is 16.5. The van der Waals surface area contributed by atoms with Crippen molar-refractivity contribution in [3.63, 3.8) is 0 Å². The van der Waals surface area contributed by atoms with Gasteiger partial charge >= 0.3 is 6.03 Å². The first-order valence-corrected chi connectivity index (χ1v) is 13.4. The Morgan fingerprint density at radius 3 is 2.46 bits per heavy atom. The monoisotopic (exact) mass is 542 g/mol. The van der Waals surface area contributed by atoms with E-state index in [0.717, 1.165) is 39.2 Å². The molecule has 0 spiro atoms. The predicted octanol–water partition coefficient (Wildman–Crippen LogP) is 7.62. The van der Waals surface area contributed by atoms with Crippen LogP contribution in [0, 0.1) is 13.8 Å². The molecule has 3 aromatic carbocycles. The molecule has 0 radical (unpaired) electrons. The van der Waals surface area contributed by atoms with Crippen molar-refractivity contribution in [3.05, 3.63) is 137 Å². The van der Waals surface area contributed by atoms with Gasteiger partial charge in [0.05, 0.1) is 24.0 Å². The predicted molar refractivity (Wildman–Crippen MR) is 163 cm³/mol. The number of aromatic nitrogens is 2. The number of ether oxygens (including phenoxy) is 2. The molecule has 1 amide bonds. The lowest BCUT2D eigenvalue weighted by Gasteiger charge is -2.12. The van der Waals surface area contributed by atoms with E-state index in [1.54, 1.807) is 11.7 Å². The number of aliphatic imine (C=N–C) groups is 1. The Balaban J connectivity index is 1.28. The minimum absolute atomic E-state index is 0.289. The molecule has 1 aliphatic heterocycles. The summed E-state index contributed by atoms with van der Waals surface area (Å²) in [5.41, 5.74) is 7.71. The molecule has 6 rings (SSSR count). The number of nitrogens with one attached hydrogen (secondary N) is 2. The van der Waals surface area contributed by atoms with Gasteiger partial charge < -0.3 is 19.8 Å². The van der Waals surface area contributed by atoms with E-state index in [1.165, 1.54) is 0 Å². The summed E-state index contributed by atoms with van der Waals surface area (Å²) in [6, 6.07) is 28.9. The maximum Gasteiger partial charge on any atom is 0.331 e. The molecule has 3 heterocycles. The van der Waals surface area contributed by atoms with Crippen LogP contribution in [0.4, 0.5) is 10.5 Å². The number of fused-ring (bicyclic) bond motifs is 1. The van der Waals surface area contributed by atoms with E-state index < -0.39 is 0 Å². The van der Waals surface area contributed by atoms with Gasteiger partial charge in [0.15, 0.2) is 0 Å². The topological polar surface area (TPSA) is 80.6 Å². The molecule has 41 heavy (non-hydrogen) atoms. The lowest BCUT2D eigenvalue weighted by atomic mass is 10.2. The first kappa shape index (κ1) is 26.0. The molecule has 7 nitrogen and oxygen atoms in total. The average Bonchev–Trinajstić information content (AvgIpc) is 3.67. The van der Waals surface area contributed by atoms with E-state index in [2.05, 4.69) is 23.3 Å². The number of methoxy groups -OCH3 is 1. The molecule has 0 saturated carbocycles. The van der Waals surface area contributed by atoms with Gasteiger partial charge in [-0.1, -0.05) is 48.5 Å². The lowest BCUT2D eigenvalue weighted by molar-refractivity contribution is 0.254. The van der Waals surface area contributed by atoms with Crippen molar-refractivity contribution < 1.29 is 14.3 Å². The summed E-state index contributed by atoms with van der Waals surface area (Å²) < 4.78 is 13.2. The van der Waals surface area contributed by atoms with Gasteiger partial charge in [-0.2, -0.15) is 0 Å². The number of benzene rings is 3. The average molecular weight is 543 g/mol. The summed E-state index contributed by atoms with van der Waals surface area (Å²) in [4.78, 5) is 22.0. The number of para-hydroxylation sites is 1. The van der Waals surface area contributed by atoms with Crippen molar-refractivity contribution in [2.24, 2.45) is 4.99 Å². The van der Waals surface area contributed by atoms with Gasteiger partial charge in [-0.15, -0.1) is 0 Å². The zero-order valence-electron chi connectivity index (χ0n) is 23.1. The van der Waals surface area contributed by atoms with Crippen LogP contribution in [0.5, 0.6) is 5.75 Å². The second-order valence-corrected chi connectivity index (χ2v) is 9.94. The van der Waals surface area contributed by atoms with Crippen LogP contribution in [-0.2, 0) is 11.3 Å². The Hall–Kier alpha value is -5.30. The molecule has 0 unspecified atom stereocenters. The smallest absolute Gasteiger partial charge is 0.331 e. The van der Waals surface area contributed by atoms with Gasteiger partial charge in [0.1, 0.15) is 23.8 Å². The normalized spacial score (nSPS) is 13.8. The number of aryl methyl sites for hydroxylation is 2. The third kappa shape index (κ3) is 5.43. The Morgan fingerprint density at radius 2 is 1.73 bits per heavy atom. The Kier molecular flexibility index (Phi) is 7.00. The molecule has 2 aromatic heterocycles. The molecule has 7 heteroatoms. The molecule has 0 bridgehead atoms. The lowest BCUT2D eigenvalue weighted by Crippen LogP contribution is -2.22. The van der Waals surface area contributed by atoms with E-state index in [0.29, 0.717) is 35.2 Å². The van der Waals surface area contributed by atoms with E-state index >= 15 is 0 Å². The fraction of sp³-hybridized carbons (Fsp3) is 0.118. The summed E-state index contributed by atoms with van der Waals surface area (Å²) in [6.07, 6.45) is 3.84. The molecule has 1 aliphatic rings. The third-order valence-electron chi connectivity index (χ3n) is 6.98. The van der Waals surface area contributed by atoms with Crippen LogP contribution in [0.1, 0.15) is 28.2 Å². The molecule has 0 saturated heterocycles. The Morgan fingerprint density at radius 1 is 0.976 bits per heavy atom. The highest BCUT2D eigenvalue weighted by molar-refractivity contribution is 6.16.